The molecule has 0 aromatic rings. The van der Waals surface area contributed by atoms with Gasteiger partial charge < -0.3 is 23.8 Å². The number of ether oxygens (including phenoxy) is 3. The van der Waals surface area contributed by atoms with E-state index >= 15 is 0 Å². The Morgan fingerprint density at radius 2 is 1.02 bits per heavy atom. The lowest BCUT2D eigenvalue weighted by atomic mass is 10.1. The van der Waals surface area contributed by atoms with Crippen LogP contribution in [-0.2, 0) is 57.4 Å². The van der Waals surface area contributed by atoms with Gasteiger partial charge in [0.25, 0.3) is 23.6 Å². The van der Waals surface area contributed by atoms with Crippen molar-refractivity contribution >= 4 is 47.3 Å². The van der Waals surface area contributed by atoms with Crippen molar-refractivity contribution in [2.75, 3.05) is 26.4 Å². The molecule has 0 atom stereocenters. The number of carbonyl (C=O) groups excluding carboxylic acids is 8. The second kappa shape index (κ2) is 19.4. The molecule has 2 heterocycles. The van der Waals surface area contributed by atoms with Gasteiger partial charge in [-0.1, -0.05) is 0 Å². The Morgan fingerprint density at radius 3 is 1.43 bits per heavy atom. The summed E-state index contributed by atoms with van der Waals surface area (Å²) in [6.07, 6.45) is 3.18. The Balaban J connectivity index is 0.000000850. The number of Topliss-reactive ketones (excluding diaryl/α,β-unsaturated/α-hetero) is 1. The molecular weight excluding hydrogens is 536 g/mol. The van der Waals surface area contributed by atoms with Crippen molar-refractivity contribution < 1.29 is 62.6 Å². The third-order valence-electron chi connectivity index (χ3n) is 5.38. The number of rotatable bonds is 17. The van der Waals surface area contributed by atoms with E-state index < -0.39 is 35.6 Å². The monoisotopic (exact) mass is 572 g/mol. The molecule has 224 valence electrons. The molecule has 2 aliphatic heterocycles. The minimum Gasteiger partial charge on any atom is -0.463 e. The summed E-state index contributed by atoms with van der Waals surface area (Å²) in [5.41, 5.74) is 0. The maximum Gasteiger partial charge on any atom is 0.333 e. The first-order valence-corrected chi connectivity index (χ1v) is 13.0. The number of esters is 2. The minimum atomic E-state index is -0.702. The molecule has 0 aromatic carbocycles. The second-order valence-electron chi connectivity index (χ2n) is 8.81. The van der Waals surface area contributed by atoms with E-state index in [0.717, 1.165) is 0 Å². The van der Waals surface area contributed by atoms with E-state index in [0.29, 0.717) is 37.2 Å². The molecule has 0 aliphatic carbocycles. The number of imide groups is 2. The van der Waals surface area contributed by atoms with Gasteiger partial charge in [0, 0.05) is 51.4 Å². The lowest BCUT2D eigenvalue weighted by molar-refractivity contribution is -0.197. The first-order valence-electron chi connectivity index (χ1n) is 13.0. The average molecular weight is 573 g/mol. The number of hydrogen-bond donors (Lipinski definition) is 1. The highest BCUT2D eigenvalue weighted by atomic mass is 16.7. The van der Waals surface area contributed by atoms with Gasteiger partial charge in [0.15, 0.2) is 0 Å². The molecule has 15 nitrogen and oxygen atoms in total. The zero-order chi connectivity index (χ0) is 29.9. The first-order chi connectivity index (χ1) is 19.0. The Kier molecular flexibility index (Phi) is 16.6. The highest BCUT2D eigenvalue weighted by Gasteiger charge is 2.32. The molecule has 2 aliphatic rings. The zero-order valence-electron chi connectivity index (χ0n) is 22.6. The van der Waals surface area contributed by atoms with Gasteiger partial charge in [-0.3, -0.25) is 34.0 Å². The number of hydroxylamine groups is 4. The third-order valence-corrected chi connectivity index (χ3v) is 5.38. The van der Waals surface area contributed by atoms with E-state index in [2.05, 4.69) is 0 Å². The van der Waals surface area contributed by atoms with Crippen LogP contribution in [0.5, 0.6) is 0 Å². The van der Waals surface area contributed by atoms with Crippen LogP contribution in [0.25, 0.3) is 0 Å². The largest absolute Gasteiger partial charge is 0.463 e. The SMILES string of the molecule is CC(=O)CCCCC(=O)OCCOCCOC(=O)CCCCC(=O)ON1C(=O)CCC1=O.O=C1CCC(=O)N1O. The Bertz CT molecular complexity index is 902. The number of nitrogens with zero attached hydrogens (tertiary/aromatic N) is 2. The predicted octanol–water partition coefficient (Wildman–Crippen LogP) is 0.931. The van der Waals surface area contributed by atoms with Crippen LogP contribution in [-0.4, -0.2) is 89.1 Å². The highest BCUT2D eigenvalue weighted by Crippen LogP contribution is 2.13. The molecule has 0 aromatic heterocycles. The molecule has 0 radical (unpaired) electrons. The van der Waals surface area contributed by atoms with Gasteiger partial charge in [-0.2, -0.15) is 5.06 Å². The maximum absolute atomic E-state index is 11.6. The fourth-order valence-corrected chi connectivity index (χ4v) is 3.23. The summed E-state index contributed by atoms with van der Waals surface area (Å²) in [7, 11) is 0. The van der Waals surface area contributed by atoms with E-state index in [9.17, 15) is 38.4 Å². The van der Waals surface area contributed by atoms with E-state index in [1.54, 1.807) is 0 Å². The van der Waals surface area contributed by atoms with Crippen LogP contribution in [0.1, 0.15) is 84.0 Å². The number of carbonyl (C=O) groups is 8. The fraction of sp³-hybridized carbons (Fsp3) is 0.680. The summed E-state index contributed by atoms with van der Waals surface area (Å²) in [5, 5.41) is 9.06. The molecule has 2 saturated heterocycles. The maximum atomic E-state index is 11.6. The van der Waals surface area contributed by atoms with Crippen LogP contribution in [0.3, 0.4) is 0 Å². The number of unbranched alkanes of at least 4 members (excludes halogenated alkanes) is 2. The highest BCUT2D eigenvalue weighted by molar-refractivity contribution is 6.01. The van der Waals surface area contributed by atoms with Crippen LogP contribution >= 0.6 is 0 Å². The molecule has 0 spiro atoms. The van der Waals surface area contributed by atoms with Gasteiger partial charge in [0.2, 0.25) is 0 Å². The molecule has 4 amide bonds. The topological polar surface area (TPSA) is 200 Å². The van der Waals surface area contributed by atoms with E-state index in [1.165, 1.54) is 6.92 Å². The summed E-state index contributed by atoms with van der Waals surface area (Å²) in [4.78, 5) is 93.4. The van der Waals surface area contributed by atoms with Gasteiger partial charge in [0.1, 0.15) is 19.0 Å². The lowest BCUT2D eigenvalue weighted by Gasteiger charge is -2.12. The Morgan fingerprint density at radius 1 is 0.625 bits per heavy atom. The van der Waals surface area contributed by atoms with Crippen LogP contribution in [0.15, 0.2) is 0 Å². The van der Waals surface area contributed by atoms with Gasteiger partial charge >= 0.3 is 17.9 Å². The normalized spacial score (nSPS) is 14.7. The second-order valence-corrected chi connectivity index (χ2v) is 8.81. The average Bonchev–Trinajstić information content (AvgIpc) is 3.38. The Labute approximate surface area is 230 Å². The summed E-state index contributed by atoms with van der Waals surface area (Å²) >= 11 is 0. The summed E-state index contributed by atoms with van der Waals surface area (Å²) in [6.45, 7) is 2.01. The summed E-state index contributed by atoms with van der Waals surface area (Å²) in [6, 6.07) is 0. The van der Waals surface area contributed by atoms with Crippen molar-refractivity contribution in [1.82, 2.24) is 10.1 Å². The molecule has 2 fully saturated rings. The lowest BCUT2D eigenvalue weighted by Crippen LogP contribution is -2.31. The van der Waals surface area contributed by atoms with Gasteiger partial charge in [-0.05, 0) is 32.6 Å². The first kappa shape index (κ1) is 34.3. The third kappa shape index (κ3) is 15.0. The number of ketones is 1. The van der Waals surface area contributed by atoms with Crippen LogP contribution in [0.2, 0.25) is 0 Å². The van der Waals surface area contributed by atoms with Crippen LogP contribution < -0.4 is 0 Å². The molecule has 40 heavy (non-hydrogen) atoms. The number of hydrogen-bond acceptors (Lipinski definition) is 13. The van der Waals surface area contributed by atoms with Gasteiger partial charge in [-0.25, -0.2) is 4.79 Å². The predicted molar refractivity (Wildman–Crippen MR) is 130 cm³/mol. The smallest absolute Gasteiger partial charge is 0.333 e. The van der Waals surface area contributed by atoms with E-state index in [1.807, 2.05) is 0 Å². The Hall–Kier alpha value is -3.72. The van der Waals surface area contributed by atoms with Crippen molar-refractivity contribution in [1.29, 1.82) is 0 Å². The van der Waals surface area contributed by atoms with Crippen molar-refractivity contribution in [3.8, 4) is 0 Å². The molecule has 2 rings (SSSR count). The van der Waals surface area contributed by atoms with Crippen molar-refractivity contribution in [3.05, 3.63) is 0 Å². The molecular formula is C25H36N2O13. The summed E-state index contributed by atoms with van der Waals surface area (Å²) < 4.78 is 15.2. The van der Waals surface area contributed by atoms with E-state index in [4.69, 9.17) is 24.3 Å². The molecule has 0 bridgehead atoms. The minimum absolute atomic E-state index is 0.0249. The van der Waals surface area contributed by atoms with Crippen LogP contribution in [0.4, 0.5) is 0 Å². The fourth-order valence-electron chi connectivity index (χ4n) is 3.23. The molecule has 0 unspecified atom stereocenters. The van der Waals surface area contributed by atoms with Crippen molar-refractivity contribution in [2.45, 2.75) is 84.0 Å². The van der Waals surface area contributed by atoms with Gasteiger partial charge in [0.05, 0.1) is 13.2 Å². The quantitative estimate of drug-likeness (QED) is 0.112. The van der Waals surface area contributed by atoms with Crippen LogP contribution in [0, 0.1) is 0 Å². The van der Waals surface area contributed by atoms with Crippen molar-refractivity contribution in [2.24, 2.45) is 0 Å². The van der Waals surface area contributed by atoms with Crippen molar-refractivity contribution in [3.63, 3.8) is 0 Å². The molecule has 0 saturated carbocycles. The molecule has 1 N–H and O–H groups in total. The van der Waals surface area contributed by atoms with E-state index in [-0.39, 0.29) is 88.2 Å². The summed E-state index contributed by atoms with van der Waals surface area (Å²) in [5.74, 6) is -3.46. The van der Waals surface area contributed by atoms with Gasteiger partial charge in [-0.15, -0.1) is 5.06 Å². The number of amides is 4. The standard InChI is InChI=1S/C21H31NO10.C4H5NO3/c1-16(23)6-2-3-7-19(26)30-14-12-29-13-15-31-20(27)8-4-5-9-21(28)32-22-17(24)10-11-18(22)25;6-3-1-2-4(7)5(3)8/h2-15H2,1H3;8H,1-2H2. The zero-order valence-corrected chi connectivity index (χ0v) is 22.6. The molecule has 15 heteroatoms.